The summed E-state index contributed by atoms with van der Waals surface area (Å²) in [4.78, 5) is 49.5. The Morgan fingerprint density at radius 1 is 1.10 bits per heavy atom. The maximum absolute atomic E-state index is 14.2. The summed E-state index contributed by atoms with van der Waals surface area (Å²) in [6.07, 6.45) is 0. The van der Waals surface area contributed by atoms with Crippen molar-refractivity contribution in [2.45, 2.75) is 12.5 Å². The van der Waals surface area contributed by atoms with Gasteiger partial charge in [-0.05, 0) is 49.4 Å². The van der Waals surface area contributed by atoms with E-state index >= 15 is 0 Å². The van der Waals surface area contributed by atoms with Crippen LogP contribution in [-0.4, -0.2) is 42.2 Å². The number of nitrogens with zero attached hydrogens (tertiary/aromatic N) is 1. The minimum Gasteiger partial charge on any atom is -0.355 e. The first kappa shape index (κ1) is 20.9. The Morgan fingerprint density at radius 3 is 2.40 bits per heavy atom. The normalized spacial score (nSPS) is 18.2. The maximum Gasteiger partial charge on any atom is 0.325 e. The molecular formula is C20H18F2N4O4. The first-order valence-electron chi connectivity index (χ1n) is 8.87. The minimum absolute atomic E-state index is 0.295. The number of urea groups is 1. The second kappa shape index (κ2) is 7.90. The monoisotopic (exact) mass is 416 g/mol. The van der Waals surface area contributed by atoms with E-state index in [0.29, 0.717) is 16.2 Å². The first-order chi connectivity index (χ1) is 14.2. The Morgan fingerprint density at radius 2 is 1.77 bits per heavy atom. The van der Waals surface area contributed by atoms with Gasteiger partial charge in [0.1, 0.15) is 23.7 Å². The lowest BCUT2D eigenvalue weighted by molar-refractivity contribution is -0.133. The molecule has 0 radical (unpaired) electrons. The van der Waals surface area contributed by atoms with Crippen molar-refractivity contribution >= 4 is 29.4 Å². The Hall–Kier alpha value is -3.82. The third-order valence-corrected chi connectivity index (χ3v) is 4.70. The molecule has 2 aromatic carbocycles. The lowest BCUT2D eigenvalue weighted by atomic mass is 9.91. The van der Waals surface area contributed by atoms with Crippen LogP contribution in [0.5, 0.6) is 0 Å². The van der Waals surface area contributed by atoms with Gasteiger partial charge >= 0.3 is 6.03 Å². The molecule has 1 heterocycles. The number of halogens is 2. The molecule has 0 aromatic heterocycles. The fraction of sp³-hybridized carbons (Fsp3) is 0.200. The van der Waals surface area contributed by atoms with Crippen molar-refractivity contribution < 1.29 is 28.0 Å². The van der Waals surface area contributed by atoms with Crippen LogP contribution < -0.4 is 16.0 Å². The SMILES string of the molecule is CNC(=O)c1ccc(NC(=O)CN2C(=O)N[C@](C)(c3cc(F)ccc3F)C2=O)cc1. The molecule has 1 aliphatic rings. The molecule has 1 saturated heterocycles. The molecule has 156 valence electrons. The standard InChI is InChI=1S/C20H18F2N4O4/c1-20(14-9-12(21)5-8-15(14)22)18(29)26(19(30)25-20)10-16(27)24-13-6-3-11(4-7-13)17(28)23-2/h3-9H,10H2,1-2H3,(H,23,28)(H,24,27)(H,25,30)/t20-/m1/s1. The molecule has 1 aliphatic heterocycles. The van der Waals surface area contributed by atoms with E-state index in [1.165, 1.54) is 38.2 Å². The molecule has 1 atom stereocenters. The van der Waals surface area contributed by atoms with Crippen LogP contribution in [0, 0.1) is 11.6 Å². The zero-order valence-corrected chi connectivity index (χ0v) is 16.1. The van der Waals surface area contributed by atoms with Crippen LogP contribution in [0.2, 0.25) is 0 Å². The molecule has 0 spiro atoms. The van der Waals surface area contributed by atoms with Crippen LogP contribution in [0.3, 0.4) is 0 Å². The summed E-state index contributed by atoms with van der Waals surface area (Å²) < 4.78 is 27.7. The smallest absolute Gasteiger partial charge is 0.325 e. The lowest BCUT2D eigenvalue weighted by Gasteiger charge is -2.22. The molecule has 10 heteroatoms. The van der Waals surface area contributed by atoms with E-state index in [4.69, 9.17) is 0 Å². The second-order valence-electron chi connectivity index (χ2n) is 6.78. The van der Waals surface area contributed by atoms with Crippen molar-refractivity contribution in [2.75, 3.05) is 18.9 Å². The molecule has 5 amide bonds. The number of hydrogen-bond acceptors (Lipinski definition) is 4. The van der Waals surface area contributed by atoms with E-state index in [0.717, 1.165) is 18.2 Å². The molecule has 0 unspecified atom stereocenters. The van der Waals surface area contributed by atoms with Gasteiger partial charge in [-0.2, -0.15) is 0 Å². The highest BCUT2D eigenvalue weighted by Crippen LogP contribution is 2.31. The van der Waals surface area contributed by atoms with Gasteiger partial charge in [0.2, 0.25) is 5.91 Å². The summed E-state index contributed by atoms with van der Waals surface area (Å²) in [5.74, 6) is -3.51. The van der Waals surface area contributed by atoms with Gasteiger partial charge in [-0.15, -0.1) is 0 Å². The zero-order valence-electron chi connectivity index (χ0n) is 16.1. The van der Waals surface area contributed by atoms with Crippen molar-refractivity contribution in [3.63, 3.8) is 0 Å². The van der Waals surface area contributed by atoms with Gasteiger partial charge in [-0.3, -0.25) is 19.3 Å². The van der Waals surface area contributed by atoms with E-state index < -0.39 is 41.6 Å². The average Bonchev–Trinajstić information content (AvgIpc) is 2.93. The van der Waals surface area contributed by atoms with Crippen molar-refractivity contribution in [2.24, 2.45) is 0 Å². The van der Waals surface area contributed by atoms with Crippen LogP contribution in [0.4, 0.5) is 19.3 Å². The molecule has 0 bridgehead atoms. The number of carbonyl (C=O) groups is 4. The number of rotatable bonds is 5. The number of anilines is 1. The van der Waals surface area contributed by atoms with Gasteiger partial charge in [0, 0.05) is 23.9 Å². The Kier molecular flexibility index (Phi) is 5.50. The molecule has 0 saturated carbocycles. The van der Waals surface area contributed by atoms with Crippen LogP contribution in [0.1, 0.15) is 22.8 Å². The largest absolute Gasteiger partial charge is 0.355 e. The molecule has 8 nitrogen and oxygen atoms in total. The summed E-state index contributed by atoms with van der Waals surface area (Å²) in [6, 6.07) is 7.62. The molecule has 1 fully saturated rings. The third-order valence-electron chi connectivity index (χ3n) is 4.70. The summed E-state index contributed by atoms with van der Waals surface area (Å²) >= 11 is 0. The van der Waals surface area contributed by atoms with Gasteiger partial charge < -0.3 is 16.0 Å². The van der Waals surface area contributed by atoms with Gasteiger partial charge in [-0.1, -0.05) is 0 Å². The number of benzene rings is 2. The first-order valence-corrected chi connectivity index (χ1v) is 8.87. The van der Waals surface area contributed by atoms with Crippen LogP contribution >= 0.6 is 0 Å². The number of hydrogen-bond donors (Lipinski definition) is 3. The van der Waals surface area contributed by atoms with Crippen molar-refractivity contribution in [3.05, 3.63) is 65.2 Å². The van der Waals surface area contributed by atoms with E-state index in [1.807, 2.05) is 0 Å². The van der Waals surface area contributed by atoms with Crippen LogP contribution in [-0.2, 0) is 15.1 Å². The lowest BCUT2D eigenvalue weighted by Crippen LogP contribution is -2.42. The third kappa shape index (κ3) is 3.84. The predicted octanol–water partition coefficient (Wildman–Crippen LogP) is 1.73. The quantitative estimate of drug-likeness (QED) is 0.645. The van der Waals surface area contributed by atoms with E-state index in [2.05, 4.69) is 16.0 Å². The topological polar surface area (TPSA) is 108 Å². The maximum atomic E-state index is 14.2. The van der Waals surface area contributed by atoms with Gasteiger partial charge in [0.05, 0.1) is 0 Å². The van der Waals surface area contributed by atoms with Crippen molar-refractivity contribution in [1.82, 2.24) is 15.5 Å². The van der Waals surface area contributed by atoms with E-state index in [9.17, 15) is 28.0 Å². The average molecular weight is 416 g/mol. The highest BCUT2D eigenvalue weighted by atomic mass is 19.1. The molecule has 0 aliphatic carbocycles. The molecule has 3 N–H and O–H groups in total. The summed E-state index contributed by atoms with van der Waals surface area (Å²) in [5, 5.41) is 7.28. The number of nitrogens with one attached hydrogen (secondary N) is 3. The van der Waals surface area contributed by atoms with Gasteiger partial charge in [0.15, 0.2) is 0 Å². The summed E-state index contributed by atoms with van der Waals surface area (Å²) in [6.45, 7) is 0.606. The highest BCUT2D eigenvalue weighted by molar-refractivity contribution is 6.10. The fourth-order valence-corrected chi connectivity index (χ4v) is 3.10. The van der Waals surface area contributed by atoms with Gasteiger partial charge in [-0.25, -0.2) is 13.6 Å². The number of amides is 5. The van der Waals surface area contributed by atoms with Crippen molar-refractivity contribution in [1.29, 1.82) is 0 Å². The summed E-state index contributed by atoms with van der Waals surface area (Å²) in [7, 11) is 1.49. The van der Waals surface area contributed by atoms with E-state index in [-0.39, 0.29) is 11.5 Å². The molecule has 30 heavy (non-hydrogen) atoms. The van der Waals surface area contributed by atoms with Crippen LogP contribution in [0.15, 0.2) is 42.5 Å². The molecular weight excluding hydrogens is 398 g/mol. The predicted molar refractivity (Wildman–Crippen MR) is 102 cm³/mol. The highest BCUT2D eigenvalue weighted by Gasteiger charge is 2.50. The molecule has 2 aromatic rings. The Balaban J connectivity index is 1.73. The van der Waals surface area contributed by atoms with Crippen LogP contribution in [0.25, 0.3) is 0 Å². The number of imide groups is 1. The Labute approximate surface area is 170 Å². The van der Waals surface area contributed by atoms with Crippen molar-refractivity contribution in [3.8, 4) is 0 Å². The Bertz CT molecular complexity index is 1040. The molecule has 3 rings (SSSR count). The minimum atomic E-state index is -1.85. The van der Waals surface area contributed by atoms with E-state index in [1.54, 1.807) is 0 Å². The summed E-state index contributed by atoms with van der Waals surface area (Å²) in [5.41, 5.74) is -1.46. The zero-order chi connectivity index (χ0) is 22.1. The second-order valence-corrected chi connectivity index (χ2v) is 6.78. The van der Waals surface area contributed by atoms with Gasteiger partial charge in [0.25, 0.3) is 11.8 Å². The fourth-order valence-electron chi connectivity index (χ4n) is 3.10. The number of carbonyl (C=O) groups excluding carboxylic acids is 4.